The summed E-state index contributed by atoms with van der Waals surface area (Å²) in [6.45, 7) is -0.104. The molecule has 24 heavy (non-hydrogen) atoms. The molecule has 2 aliphatic heterocycles. The summed E-state index contributed by atoms with van der Waals surface area (Å²) >= 11 is 0. The number of nitrogens with one attached hydrogen (secondary N) is 1. The van der Waals surface area contributed by atoms with Gasteiger partial charge in [0.1, 0.15) is 5.82 Å². The van der Waals surface area contributed by atoms with Crippen molar-refractivity contribution in [1.29, 1.82) is 0 Å². The number of nitrogens with zero attached hydrogens (tertiary/aromatic N) is 2. The van der Waals surface area contributed by atoms with Crippen LogP contribution in [0.5, 0.6) is 0 Å². The molecule has 1 N–H and O–H groups in total. The molecule has 2 fully saturated rings. The van der Waals surface area contributed by atoms with Crippen LogP contribution in [0.3, 0.4) is 0 Å². The lowest BCUT2D eigenvalue weighted by Crippen LogP contribution is -2.51. The monoisotopic (exact) mass is 344 g/mol. The molecule has 130 valence electrons. The van der Waals surface area contributed by atoms with Gasteiger partial charge in [-0.25, -0.2) is 4.39 Å². The third-order valence-corrected chi connectivity index (χ3v) is 4.49. The van der Waals surface area contributed by atoms with Crippen LogP contribution >= 0.6 is 0 Å². The Morgan fingerprint density at radius 3 is 2.33 bits per heavy atom. The Morgan fingerprint density at radius 1 is 1.17 bits per heavy atom. The van der Waals surface area contributed by atoms with Crippen molar-refractivity contribution < 1.29 is 27.2 Å². The van der Waals surface area contributed by atoms with E-state index in [1.165, 1.54) is 9.80 Å². The number of hydrogen-bond acceptors (Lipinski definition) is 2. The van der Waals surface area contributed by atoms with Gasteiger partial charge in [-0.1, -0.05) is 6.54 Å². The maximum atomic E-state index is 13.4. The number of fused-ring (bicyclic) bond motifs is 2. The number of amides is 2. The zero-order chi connectivity index (χ0) is 17.6. The van der Waals surface area contributed by atoms with Crippen molar-refractivity contribution in [2.45, 2.75) is 24.7 Å². The fourth-order valence-electron chi connectivity index (χ4n) is 3.42. The van der Waals surface area contributed by atoms with Gasteiger partial charge in [0.15, 0.2) is 0 Å². The molecule has 9 heteroatoms. The van der Waals surface area contributed by atoms with Crippen molar-refractivity contribution in [3.8, 4) is 0 Å². The molecule has 2 heterocycles. The van der Waals surface area contributed by atoms with Crippen molar-refractivity contribution in [3.05, 3.63) is 40.9 Å². The summed E-state index contributed by atoms with van der Waals surface area (Å²) in [6, 6.07) is 1.14. The Balaban J connectivity index is 1.85. The van der Waals surface area contributed by atoms with E-state index in [1.54, 1.807) is 0 Å². The topological polar surface area (TPSA) is 64.4 Å². The van der Waals surface area contributed by atoms with E-state index >= 15 is 0 Å². The SMILES string of the molecule is [NH-]CC(=O)N1CC2CC1CN2C(=O)c1cc(F)ccc1C(F)(F)F. The Labute approximate surface area is 135 Å². The number of halogens is 4. The van der Waals surface area contributed by atoms with Crippen LogP contribution in [-0.2, 0) is 11.0 Å². The molecule has 2 atom stereocenters. The van der Waals surface area contributed by atoms with Gasteiger partial charge in [-0.15, -0.1) is 0 Å². The molecule has 0 saturated carbocycles. The molecule has 3 rings (SSSR count). The summed E-state index contributed by atoms with van der Waals surface area (Å²) < 4.78 is 52.6. The van der Waals surface area contributed by atoms with Crippen molar-refractivity contribution in [2.24, 2.45) is 0 Å². The average Bonchev–Trinajstić information content (AvgIpc) is 3.12. The maximum Gasteiger partial charge on any atom is 0.417 e. The van der Waals surface area contributed by atoms with Crippen LogP contribution in [0.25, 0.3) is 5.73 Å². The predicted molar refractivity (Wildman–Crippen MR) is 75.5 cm³/mol. The third-order valence-electron chi connectivity index (χ3n) is 4.49. The van der Waals surface area contributed by atoms with E-state index in [0.29, 0.717) is 24.6 Å². The molecular formula is C15H14F4N3O2-. The number of alkyl halides is 3. The highest BCUT2D eigenvalue weighted by Gasteiger charge is 2.47. The van der Waals surface area contributed by atoms with Crippen LogP contribution in [0, 0.1) is 5.82 Å². The first kappa shape index (κ1) is 16.7. The molecule has 0 radical (unpaired) electrons. The summed E-state index contributed by atoms with van der Waals surface area (Å²) in [6.07, 6.45) is -4.29. The van der Waals surface area contributed by atoms with Crippen molar-refractivity contribution in [2.75, 3.05) is 19.6 Å². The first-order chi connectivity index (χ1) is 11.2. The Hall–Kier alpha value is -2.16. The molecule has 2 aliphatic rings. The lowest BCUT2D eigenvalue weighted by atomic mass is 10.0. The molecule has 2 unspecified atom stereocenters. The van der Waals surface area contributed by atoms with E-state index in [9.17, 15) is 27.2 Å². The summed E-state index contributed by atoms with van der Waals surface area (Å²) in [5, 5.41) is 0. The van der Waals surface area contributed by atoms with Crippen molar-refractivity contribution in [3.63, 3.8) is 0 Å². The van der Waals surface area contributed by atoms with E-state index in [4.69, 9.17) is 5.73 Å². The van der Waals surface area contributed by atoms with E-state index in [2.05, 4.69) is 0 Å². The first-order valence-corrected chi connectivity index (χ1v) is 7.34. The summed E-state index contributed by atoms with van der Waals surface area (Å²) in [5.41, 5.74) is 5.22. The van der Waals surface area contributed by atoms with Crippen molar-refractivity contribution >= 4 is 11.8 Å². The average molecular weight is 344 g/mol. The minimum absolute atomic E-state index is 0.100. The van der Waals surface area contributed by atoms with Gasteiger partial charge in [0.2, 0.25) is 5.91 Å². The van der Waals surface area contributed by atoms with Gasteiger partial charge in [0, 0.05) is 13.1 Å². The first-order valence-electron chi connectivity index (χ1n) is 7.34. The molecule has 0 aromatic heterocycles. The highest BCUT2D eigenvalue weighted by atomic mass is 19.4. The fourth-order valence-corrected chi connectivity index (χ4v) is 3.42. The van der Waals surface area contributed by atoms with Gasteiger partial charge in [-0.2, -0.15) is 13.2 Å². The van der Waals surface area contributed by atoms with Gasteiger partial charge < -0.3 is 15.5 Å². The molecule has 1 aromatic carbocycles. The highest BCUT2D eigenvalue weighted by molar-refractivity contribution is 5.96. The number of carbonyl (C=O) groups excluding carboxylic acids is 2. The Bertz CT molecular complexity index is 692. The zero-order valence-corrected chi connectivity index (χ0v) is 12.4. The Kier molecular flexibility index (Phi) is 3.98. The third kappa shape index (κ3) is 2.72. The largest absolute Gasteiger partial charge is 0.670 e. The van der Waals surface area contributed by atoms with Gasteiger partial charge in [-0.3, -0.25) is 9.59 Å². The van der Waals surface area contributed by atoms with Crippen LogP contribution in [0.4, 0.5) is 17.6 Å². The van der Waals surface area contributed by atoms with Gasteiger partial charge in [0.25, 0.3) is 5.91 Å². The molecule has 0 aliphatic carbocycles. The van der Waals surface area contributed by atoms with Gasteiger partial charge >= 0.3 is 6.18 Å². The van der Waals surface area contributed by atoms with E-state index in [0.717, 1.165) is 0 Å². The quantitative estimate of drug-likeness (QED) is 0.773. The Morgan fingerprint density at radius 2 is 1.79 bits per heavy atom. The summed E-state index contributed by atoms with van der Waals surface area (Å²) in [7, 11) is 0. The molecular weight excluding hydrogens is 330 g/mol. The standard InChI is InChI=1S/C15H14F4N3O2/c16-8-1-2-12(15(17,18)19)11(3-8)14(24)22-7-9-4-10(22)6-21(9)13(23)5-20/h1-3,9-10,20H,4-7H2/q-1. The minimum Gasteiger partial charge on any atom is -0.670 e. The lowest BCUT2D eigenvalue weighted by Gasteiger charge is -2.35. The number of benzene rings is 1. The van der Waals surface area contributed by atoms with E-state index in [1.807, 2.05) is 0 Å². The zero-order valence-electron chi connectivity index (χ0n) is 12.4. The number of likely N-dealkylation sites (tertiary alicyclic amines) is 2. The van der Waals surface area contributed by atoms with Gasteiger partial charge in [0.05, 0.1) is 23.2 Å². The number of piperazine rings is 1. The smallest absolute Gasteiger partial charge is 0.417 e. The maximum absolute atomic E-state index is 13.4. The predicted octanol–water partition coefficient (Wildman–Crippen LogP) is 2.32. The number of rotatable bonds is 2. The van der Waals surface area contributed by atoms with Gasteiger partial charge in [-0.05, 0) is 24.6 Å². The van der Waals surface area contributed by atoms with E-state index in [-0.39, 0.29) is 25.0 Å². The number of carbonyl (C=O) groups is 2. The molecule has 2 amide bonds. The van der Waals surface area contributed by atoms with E-state index < -0.39 is 41.6 Å². The van der Waals surface area contributed by atoms with Crippen LogP contribution in [0.15, 0.2) is 18.2 Å². The van der Waals surface area contributed by atoms with Crippen LogP contribution in [0.1, 0.15) is 22.3 Å². The molecule has 2 saturated heterocycles. The molecule has 5 nitrogen and oxygen atoms in total. The second-order valence-electron chi connectivity index (χ2n) is 5.91. The van der Waals surface area contributed by atoms with Crippen LogP contribution < -0.4 is 0 Å². The van der Waals surface area contributed by atoms with Crippen molar-refractivity contribution in [1.82, 2.24) is 9.80 Å². The summed E-state index contributed by atoms with van der Waals surface area (Å²) in [5.74, 6) is -2.16. The lowest BCUT2D eigenvalue weighted by molar-refractivity contribution is -0.138. The number of hydrogen-bond donors (Lipinski definition) is 0. The molecule has 2 bridgehead atoms. The second kappa shape index (κ2) is 5.73. The van der Waals surface area contributed by atoms with Crippen LogP contribution in [0.2, 0.25) is 0 Å². The second-order valence-corrected chi connectivity index (χ2v) is 5.91. The fraction of sp³-hybridized carbons (Fsp3) is 0.467. The van der Waals surface area contributed by atoms with Crippen LogP contribution in [-0.4, -0.2) is 53.3 Å². The summed E-state index contributed by atoms with van der Waals surface area (Å²) in [4.78, 5) is 26.9. The molecule has 1 aromatic rings. The highest BCUT2D eigenvalue weighted by Crippen LogP contribution is 2.36. The molecule has 0 spiro atoms. The normalized spacial score (nSPS) is 23.0. The minimum atomic E-state index is -4.76.